The van der Waals surface area contributed by atoms with Crippen LogP contribution in [0.5, 0.6) is 0 Å². The Morgan fingerprint density at radius 3 is 2.42 bits per heavy atom. The molecule has 4 nitrogen and oxygen atoms in total. The Morgan fingerprint density at radius 2 is 1.81 bits per heavy atom. The molecule has 3 aromatic rings. The smallest absolute Gasteiger partial charge is 0.322 e. The maximum Gasteiger partial charge on any atom is 0.322 e. The number of carbonyl (C=O) groups is 1. The second-order valence-electron chi connectivity index (χ2n) is 6.44. The summed E-state index contributed by atoms with van der Waals surface area (Å²) in [5.74, 6) is -0.384. The van der Waals surface area contributed by atoms with Crippen molar-refractivity contribution >= 4 is 29.5 Å². The van der Waals surface area contributed by atoms with Crippen LogP contribution >= 0.6 is 12.6 Å². The Bertz CT molecular complexity index is 879. The Balaban J connectivity index is 0.000000209. The third-order valence-corrected chi connectivity index (χ3v) is 4.96. The van der Waals surface area contributed by atoms with Gasteiger partial charge in [0, 0.05) is 28.4 Å². The number of para-hydroxylation sites is 1. The summed E-state index contributed by atoms with van der Waals surface area (Å²) in [5.41, 5.74) is 11.6. The highest BCUT2D eigenvalue weighted by molar-refractivity contribution is 7.80. The molecular weight excluding hydrogens is 344 g/mol. The van der Waals surface area contributed by atoms with Gasteiger partial charge in [0.25, 0.3) is 0 Å². The molecule has 26 heavy (non-hydrogen) atoms. The van der Waals surface area contributed by atoms with Crippen molar-refractivity contribution in [3.8, 4) is 0 Å². The van der Waals surface area contributed by atoms with E-state index < -0.39 is 6.04 Å². The van der Waals surface area contributed by atoms with Crippen molar-refractivity contribution in [1.82, 2.24) is 4.98 Å². The zero-order valence-corrected chi connectivity index (χ0v) is 16.6. The number of methoxy groups -OCH3 is 1. The quantitative estimate of drug-likeness (QED) is 0.480. The predicted octanol–water partition coefficient (Wildman–Crippen LogP) is 4.11. The van der Waals surface area contributed by atoms with Crippen LogP contribution in [-0.2, 0) is 16.0 Å². The fourth-order valence-electron chi connectivity index (χ4n) is 2.94. The SMILES string of the molecule is COC(=O)[C@H](N)Cc1c[nH]c2ccccc12.Cc1cc(C)c(S)c(C)c1. The lowest BCUT2D eigenvalue weighted by atomic mass is 10.1. The molecule has 0 unspecified atom stereocenters. The molecule has 0 saturated heterocycles. The van der Waals surface area contributed by atoms with Crippen LogP contribution in [0.2, 0.25) is 0 Å². The number of thiol groups is 1. The summed E-state index contributed by atoms with van der Waals surface area (Å²) in [5, 5.41) is 1.10. The number of H-pyrrole nitrogens is 1. The van der Waals surface area contributed by atoms with E-state index in [-0.39, 0.29) is 5.97 Å². The molecule has 0 bridgehead atoms. The fraction of sp³-hybridized carbons (Fsp3) is 0.286. The van der Waals surface area contributed by atoms with Gasteiger partial charge in [-0.15, -0.1) is 12.6 Å². The molecule has 0 aliphatic heterocycles. The highest BCUT2D eigenvalue weighted by atomic mass is 32.1. The van der Waals surface area contributed by atoms with Crippen LogP contribution in [0.1, 0.15) is 22.3 Å². The van der Waals surface area contributed by atoms with Crippen molar-refractivity contribution in [2.75, 3.05) is 7.11 Å². The molecule has 2 aromatic carbocycles. The van der Waals surface area contributed by atoms with Crippen LogP contribution in [0, 0.1) is 20.8 Å². The summed E-state index contributed by atoms with van der Waals surface area (Å²) in [7, 11) is 1.34. The molecule has 0 saturated carbocycles. The van der Waals surface area contributed by atoms with Gasteiger partial charge in [-0.3, -0.25) is 4.79 Å². The monoisotopic (exact) mass is 370 g/mol. The van der Waals surface area contributed by atoms with E-state index >= 15 is 0 Å². The molecule has 0 fully saturated rings. The first-order valence-corrected chi connectivity index (χ1v) is 8.93. The minimum Gasteiger partial charge on any atom is -0.468 e. The number of carbonyl (C=O) groups excluding carboxylic acids is 1. The van der Waals surface area contributed by atoms with Gasteiger partial charge in [0.05, 0.1) is 7.11 Å². The lowest BCUT2D eigenvalue weighted by Gasteiger charge is -2.07. The van der Waals surface area contributed by atoms with Gasteiger partial charge in [0.2, 0.25) is 0 Å². The molecule has 3 rings (SSSR count). The Labute approximate surface area is 160 Å². The molecule has 1 aromatic heterocycles. The average molecular weight is 371 g/mol. The molecule has 1 atom stereocenters. The molecule has 0 spiro atoms. The van der Waals surface area contributed by atoms with Gasteiger partial charge in [-0.1, -0.05) is 35.9 Å². The number of rotatable bonds is 3. The summed E-state index contributed by atoms with van der Waals surface area (Å²) in [4.78, 5) is 15.5. The van der Waals surface area contributed by atoms with E-state index in [4.69, 9.17) is 5.73 Å². The van der Waals surface area contributed by atoms with E-state index in [2.05, 4.69) is 55.3 Å². The molecule has 138 valence electrons. The summed E-state index contributed by atoms with van der Waals surface area (Å²) in [6.45, 7) is 6.28. The van der Waals surface area contributed by atoms with Crippen LogP contribution in [0.15, 0.2) is 47.5 Å². The van der Waals surface area contributed by atoms with Crippen molar-refractivity contribution in [3.63, 3.8) is 0 Å². The van der Waals surface area contributed by atoms with Gasteiger partial charge < -0.3 is 15.5 Å². The minimum absolute atomic E-state index is 0.384. The van der Waals surface area contributed by atoms with E-state index in [1.807, 2.05) is 30.5 Å². The van der Waals surface area contributed by atoms with Crippen LogP contribution in [0.3, 0.4) is 0 Å². The summed E-state index contributed by atoms with van der Waals surface area (Å²) in [6.07, 6.45) is 2.37. The van der Waals surface area contributed by atoms with Crippen LogP contribution < -0.4 is 5.73 Å². The van der Waals surface area contributed by atoms with Gasteiger partial charge in [-0.05, 0) is 43.5 Å². The van der Waals surface area contributed by atoms with E-state index in [9.17, 15) is 4.79 Å². The third-order valence-electron chi connectivity index (χ3n) is 4.25. The number of hydrogen-bond donors (Lipinski definition) is 3. The van der Waals surface area contributed by atoms with Gasteiger partial charge in [0.1, 0.15) is 6.04 Å². The van der Waals surface area contributed by atoms with Crippen molar-refractivity contribution in [1.29, 1.82) is 0 Å². The van der Waals surface area contributed by atoms with Crippen LogP contribution in [0.4, 0.5) is 0 Å². The number of nitrogens with two attached hydrogens (primary N) is 1. The van der Waals surface area contributed by atoms with Crippen molar-refractivity contribution < 1.29 is 9.53 Å². The molecule has 0 aliphatic carbocycles. The largest absolute Gasteiger partial charge is 0.468 e. The minimum atomic E-state index is -0.607. The zero-order chi connectivity index (χ0) is 19.3. The lowest BCUT2D eigenvalue weighted by Crippen LogP contribution is -2.33. The Kier molecular flexibility index (Phi) is 6.89. The number of hydrogen-bond acceptors (Lipinski definition) is 4. The lowest BCUT2D eigenvalue weighted by molar-refractivity contribution is -0.142. The molecule has 0 radical (unpaired) electrons. The maximum atomic E-state index is 11.2. The molecular formula is C21H26N2O2S. The molecule has 3 N–H and O–H groups in total. The van der Waals surface area contributed by atoms with Crippen LogP contribution in [-0.4, -0.2) is 24.1 Å². The number of aromatic amines is 1. The maximum absolute atomic E-state index is 11.2. The number of esters is 1. The third kappa shape index (κ3) is 4.90. The number of aromatic nitrogens is 1. The summed E-state index contributed by atoms with van der Waals surface area (Å²) in [6, 6.07) is 11.6. The normalized spacial score (nSPS) is 11.6. The summed E-state index contributed by atoms with van der Waals surface area (Å²) < 4.78 is 4.60. The number of fused-ring (bicyclic) bond motifs is 1. The van der Waals surface area contributed by atoms with Gasteiger partial charge >= 0.3 is 5.97 Å². The highest BCUT2D eigenvalue weighted by Gasteiger charge is 2.16. The number of benzene rings is 2. The summed E-state index contributed by atoms with van der Waals surface area (Å²) >= 11 is 4.36. The predicted molar refractivity (Wildman–Crippen MR) is 110 cm³/mol. The molecule has 0 amide bonds. The van der Waals surface area contributed by atoms with E-state index in [0.717, 1.165) is 21.4 Å². The van der Waals surface area contributed by atoms with Crippen molar-refractivity contribution in [3.05, 3.63) is 64.8 Å². The first kappa shape index (κ1) is 20.1. The fourth-order valence-corrected chi connectivity index (χ4v) is 3.07. The Morgan fingerprint density at radius 1 is 1.19 bits per heavy atom. The molecule has 0 aliphatic rings. The number of nitrogens with one attached hydrogen (secondary N) is 1. The second kappa shape index (κ2) is 8.92. The number of ether oxygens (including phenoxy) is 1. The van der Waals surface area contributed by atoms with Crippen LogP contribution in [0.25, 0.3) is 10.9 Å². The van der Waals surface area contributed by atoms with Crippen molar-refractivity contribution in [2.24, 2.45) is 5.73 Å². The standard InChI is InChI=1S/C12H14N2O2.C9H12S/c1-16-12(15)10(13)6-8-7-14-11-5-3-2-4-9(8)11;1-6-4-7(2)9(10)8(3)5-6/h2-5,7,10,14H,6,13H2,1H3;4-5,10H,1-3H3/t10-;/m1./s1. The topological polar surface area (TPSA) is 68.1 Å². The van der Waals surface area contributed by atoms with E-state index in [1.54, 1.807) is 0 Å². The van der Waals surface area contributed by atoms with E-state index in [0.29, 0.717) is 6.42 Å². The Hall–Kier alpha value is -2.24. The number of aryl methyl sites for hydroxylation is 3. The average Bonchev–Trinajstić information content (AvgIpc) is 3.02. The first-order valence-electron chi connectivity index (χ1n) is 8.48. The molecule has 5 heteroatoms. The first-order chi connectivity index (χ1) is 12.3. The van der Waals surface area contributed by atoms with Gasteiger partial charge in [0.15, 0.2) is 0 Å². The van der Waals surface area contributed by atoms with Gasteiger partial charge in [-0.2, -0.15) is 0 Å². The molecule has 1 heterocycles. The van der Waals surface area contributed by atoms with Gasteiger partial charge in [-0.25, -0.2) is 0 Å². The highest BCUT2D eigenvalue weighted by Crippen LogP contribution is 2.19. The van der Waals surface area contributed by atoms with Crippen molar-refractivity contribution in [2.45, 2.75) is 38.1 Å². The van der Waals surface area contributed by atoms with E-state index in [1.165, 1.54) is 23.8 Å². The zero-order valence-electron chi connectivity index (χ0n) is 15.7. The second-order valence-corrected chi connectivity index (χ2v) is 6.89.